The lowest BCUT2D eigenvalue weighted by atomic mass is 10.0. The van der Waals surface area contributed by atoms with Gasteiger partial charge in [0.05, 0.1) is 0 Å². The standard InChI is InChI=1S/C7H16S2/c1-6(2)7(3)5-9-8-4/h6-7H,5H2,1-4H3. The normalized spacial score (nSPS) is 14.3. The zero-order valence-electron chi connectivity index (χ0n) is 6.68. The van der Waals surface area contributed by atoms with Crippen molar-refractivity contribution in [3.63, 3.8) is 0 Å². The van der Waals surface area contributed by atoms with E-state index in [0.717, 1.165) is 11.8 Å². The summed E-state index contributed by atoms with van der Waals surface area (Å²) in [5.41, 5.74) is 0. The molecule has 0 heterocycles. The second kappa shape index (κ2) is 5.48. The van der Waals surface area contributed by atoms with Crippen molar-refractivity contribution in [2.75, 3.05) is 12.0 Å². The second-order valence-corrected chi connectivity index (χ2v) is 5.28. The maximum Gasteiger partial charge on any atom is 0.00650 e. The minimum atomic E-state index is 0.838. The van der Waals surface area contributed by atoms with Crippen molar-refractivity contribution in [3.8, 4) is 0 Å². The molecule has 0 fully saturated rings. The molecule has 0 spiro atoms. The van der Waals surface area contributed by atoms with Crippen LogP contribution in [-0.4, -0.2) is 12.0 Å². The molecule has 0 rings (SSSR count). The zero-order chi connectivity index (χ0) is 7.28. The average molecular weight is 164 g/mol. The number of rotatable bonds is 4. The summed E-state index contributed by atoms with van der Waals surface area (Å²) in [4.78, 5) is 0. The average Bonchev–Trinajstić information content (AvgIpc) is 1.82. The van der Waals surface area contributed by atoms with Gasteiger partial charge in [-0.2, -0.15) is 0 Å². The molecule has 0 aromatic carbocycles. The first-order valence-electron chi connectivity index (χ1n) is 3.34. The molecule has 2 heteroatoms. The van der Waals surface area contributed by atoms with Gasteiger partial charge in [0.25, 0.3) is 0 Å². The Bertz CT molecular complexity index is 61.9. The van der Waals surface area contributed by atoms with Crippen molar-refractivity contribution in [1.82, 2.24) is 0 Å². The Balaban J connectivity index is 3.16. The van der Waals surface area contributed by atoms with Gasteiger partial charge in [-0.15, -0.1) is 0 Å². The fourth-order valence-corrected chi connectivity index (χ4v) is 2.16. The van der Waals surface area contributed by atoms with Crippen LogP contribution in [0.15, 0.2) is 0 Å². The summed E-state index contributed by atoms with van der Waals surface area (Å²) in [5.74, 6) is 2.99. The molecule has 0 aromatic rings. The lowest BCUT2D eigenvalue weighted by Gasteiger charge is -2.12. The molecule has 0 N–H and O–H groups in total. The van der Waals surface area contributed by atoms with Gasteiger partial charge in [0.15, 0.2) is 0 Å². The molecule has 1 unspecified atom stereocenters. The Morgan fingerprint density at radius 2 is 1.78 bits per heavy atom. The van der Waals surface area contributed by atoms with Crippen LogP contribution in [0.2, 0.25) is 0 Å². The summed E-state index contributed by atoms with van der Waals surface area (Å²) in [6.45, 7) is 6.88. The Hall–Kier alpha value is 0.700. The Morgan fingerprint density at radius 1 is 1.22 bits per heavy atom. The third-order valence-electron chi connectivity index (χ3n) is 1.59. The minimum absolute atomic E-state index is 0.838. The third kappa shape index (κ3) is 5.16. The molecule has 0 aliphatic rings. The van der Waals surface area contributed by atoms with E-state index < -0.39 is 0 Å². The first kappa shape index (κ1) is 9.70. The lowest BCUT2D eigenvalue weighted by molar-refractivity contribution is 0.465. The molecule has 0 amide bonds. The van der Waals surface area contributed by atoms with Crippen molar-refractivity contribution in [3.05, 3.63) is 0 Å². The highest BCUT2D eigenvalue weighted by molar-refractivity contribution is 8.76. The molecular weight excluding hydrogens is 148 g/mol. The third-order valence-corrected chi connectivity index (χ3v) is 3.60. The van der Waals surface area contributed by atoms with Crippen molar-refractivity contribution in [2.24, 2.45) is 11.8 Å². The first-order valence-corrected chi connectivity index (χ1v) is 6.06. The predicted octanol–water partition coefficient (Wildman–Crippen LogP) is 3.29. The van der Waals surface area contributed by atoms with E-state index in [9.17, 15) is 0 Å². The Kier molecular flexibility index (Phi) is 5.91. The van der Waals surface area contributed by atoms with E-state index in [1.165, 1.54) is 5.75 Å². The maximum atomic E-state index is 2.31. The summed E-state index contributed by atoms with van der Waals surface area (Å²) in [5, 5.41) is 0. The minimum Gasteiger partial charge on any atom is -0.0976 e. The van der Waals surface area contributed by atoms with E-state index in [1.54, 1.807) is 0 Å². The van der Waals surface area contributed by atoms with Gasteiger partial charge in [-0.05, 0) is 18.1 Å². The molecule has 0 aliphatic heterocycles. The van der Waals surface area contributed by atoms with Crippen molar-refractivity contribution < 1.29 is 0 Å². The highest BCUT2D eigenvalue weighted by atomic mass is 33.1. The highest BCUT2D eigenvalue weighted by Gasteiger charge is 2.05. The highest BCUT2D eigenvalue weighted by Crippen LogP contribution is 2.23. The van der Waals surface area contributed by atoms with Crippen molar-refractivity contribution in [1.29, 1.82) is 0 Å². The molecule has 9 heavy (non-hydrogen) atoms. The van der Waals surface area contributed by atoms with Gasteiger partial charge in [0.2, 0.25) is 0 Å². The molecule has 0 bridgehead atoms. The molecule has 0 saturated heterocycles. The van der Waals surface area contributed by atoms with Crippen LogP contribution in [0.4, 0.5) is 0 Å². The van der Waals surface area contributed by atoms with Gasteiger partial charge < -0.3 is 0 Å². The molecule has 0 radical (unpaired) electrons. The van der Waals surface area contributed by atoms with E-state index in [4.69, 9.17) is 0 Å². The van der Waals surface area contributed by atoms with Gasteiger partial charge >= 0.3 is 0 Å². The molecular formula is C7H16S2. The molecule has 56 valence electrons. The molecule has 0 nitrogen and oxygen atoms in total. The molecule has 0 saturated carbocycles. The largest absolute Gasteiger partial charge is 0.0976 e. The predicted molar refractivity (Wildman–Crippen MR) is 50.0 cm³/mol. The summed E-state index contributed by atoms with van der Waals surface area (Å²) in [7, 11) is 3.83. The van der Waals surface area contributed by atoms with E-state index >= 15 is 0 Å². The van der Waals surface area contributed by atoms with Crippen LogP contribution in [-0.2, 0) is 0 Å². The molecule has 1 atom stereocenters. The van der Waals surface area contributed by atoms with Crippen molar-refractivity contribution in [2.45, 2.75) is 20.8 Å². The zero-order valence-corrected chi connectivity index (χ0v) is 8.31. The van der Waals surface area contributed by atoms with E-state index in [0.29, 0.717) is 0 Å². The van der Waals surface area contributed by atoms with Crippen LogP contribution in [0.25, 0.3) is 0 Å². The second-order valence-electron chi connectivity index (χ2n) is 2.67. The lowest BCUT2D eigenvalue weighted by Crippen LogP contribution is -2.05. The van der Waals surface area contributed by atoms with E-state index in [2.05, 4.69) is 27.0 Å². The quantitative estimate of drug-likeness (QED) is 0.585. The monoisotopic (exact) mass is 164 g/mol. The Morgan fingerprint density at radius 3 is 2.11 bits per heavy atom. The fourth-order valence-electron chi connectivity index (χ4n) is 0.368. The van der Waals surface area contributed by atoms with Gasteiger partial charge in [-0.25, -0.2) is 0 Å². The van der Waals surface area contributed by atoms with Crippen LogP contribution >= 0.6 is 21.6 Å². The van der Waals surface area contributed by atoms with Crippen molar-refractivity contribution >= 4 is 21.6 Å². The summed E-state index contributed by atoms with van der Waals surface area (Å²) >= 11 is 0. The SMILES string of the molecule is CSSCC(C)C(C)C. The van der Waals surface area contributed by atoms with Gasteiger partial charge in [0, 0.05) is 5.75 Å². The number of hydrogen-bond acceptors (Lipinski definition) is 2. The molecule has 0 aliphatic carbocycles. The van der Waals surface area contributed by atoms with Gasteiger partial charge in [-0.3, -0.25) is 0 Å². The Labute approximate surface area is 66.6 Å². The maximum absolute atomic E-state index is 2.31. The van der Waals surface area contributed by atoms with Gasteiger partial charge in [-0.1, -0.05) is 42.4 Å². The van der Waals surface area contributed by atoms with Gasteiger partial charge in [0.1, 0.15) is 0 Å². The smallest absolute Gasteiger partial charge is 0.00650 e. The van der Waals surface area contributed by atoms with E-state index in [1.807, 2.05) is 21.6 Å². The topological polar surface area (TPSA) is 0 Å². The van der Waals surface area contributed by atoms with E-state index in [-0.39, 0.29) is 0 Å². The summed E-state index contributed by atoms with van der Waals surface area (Å²) in [6, 6.07) is 0. The number of hydrogen-bond donors (Lipinski definition) is 0. The van der Waals surface area contributed by atoms with Crippen LogP contribution in [0.1, 0.15) is 20.8 Å². The summed E-state index contributed by atoms with van der Waals surface area (Å²) in [6.07, 6.45) is 2.14. The fraction of sp³-hybridized carbons (Fsp3) is 1.00. The van der Waals surface area contributed by atoms with Crippen LogP contribution in [0, 0.1) is 11.8 Å². The van der Waals surface area contributed by atoms with Crippen LogP contribution < -0.4 is 0 Å². The first-order chi connectivity index (χ1) is 4.18. The summed E-state index contributed by atoms with van der Waals surface area (Å²) < 4.78 is 0. The van der Waals surface area contributed by atoms with Crippen LogP contribution in [0.3, 0.4) is 0 Å². The molecule has 0 aromatic heterocycles. The van der Waals surface area contributed by atoms with Crippen LogP contribution in [0.5, 0.6) is 0 Å².